The van der Waals surface area contributed by atoms with E-state index in [4.69, 9.17) is 5.11 Å². The number of benzene rings is 1. The molecule has 1 atom stereocenters. The molecule has 5 nitrogen and oxygen atoms in total. The van der Waals surface area contributed by atoms with Gasteiger partial charge < -0.3 is 5.11 Å². The number of sulfonamides is 1. The van der Waals surface area contributed by atoms with Crippen LogP contribution in [0.2, 0.25) is 0 Å². The summed E-state index contributed by atoms with van der Waals surface area (Å²) in [6.07, 6.45) is 0. The van der Waals surface area contributed by atoms with Gasteiger partial charge in [-0.05, 0) is 30.7 Å². The van der Waals surface area contributed by atoms with Crippen LogP contribution in [0.5, 0.6) is 0 Å². The zero-order chi connectivity index (χ0) is 15.6. The molecule has 21 heavy (non-hydrogen) atoms. The standard InChI is InChI=1S/C13H12BrNO4S2/c1-8(9-3-2-4-11(14)5-9)15-21(18,19)12-6-10(7-20-12)13(16)17/h2-8,15H,1H3,(H,16,17)/t8-/m1/s1. The molecule has 0 aliphatic heterocycles. The minimum atomic E-state index is -3.74. The zero-order valence-corrected chi connectivity index (χ0v) is 14.1. The van der Waals surface area contributed by atoms with E-state index < -0.39 is 22.0 Å². The van der Waals surface area contributed by atoms with E-state index in [1.54, 1.807) is 6.92 Å². The number of halogens is 1. The molecule has 0 saturated heterocycles. The highest BCUT2D eigenvalue weighted by Gasteiger charge is 2.21. The van der Waals surface area contributed by atoms with Crippen LogP contribution in [0.3, 0.4) is 0 Å². The molecule has 0 aliphatic carbocycles. The lowest BCUT2D eigenvalue weighted by Crippen LogP contribution is -2.26. The van der Waals surface area contributed by atoms with E-state index in [1.165, 1.54) is 5.38 Å². The summed E-state index contributed by atoms with van der Waals surface area (Å²) in [6, 6.07) is 8.03. The number of carboxylic acid groups (broad SMARTS) is 1. The number of thiophene rings is 1. The van der Waals surface area contributed by atoms with E-state index in [0.29, 0.717) is 0 Å². The Morgan fingerprint density at radius 3 is 2.67 bits per heavy atom. The van der Waals surface area contributed by atoms with Gasteiger partial charge in [0.1, 0.15) is 4.21 Å². The fraction of sp³-hybridized carbons (Fsp3) is 0.154. The van der Waals surface area contributed by atoms with Crippen LogP contribution in [0.25, 0.3) is 0 Å². The molecule has 0 saturated carbocycles. The summed E-state index contributed by atoms with van der Waals surface area (Å²) in [5.41, 5.74) is 0.776. The first kappa shape index (κ1) is 16.2. The van der Waals surface area contributed by atoms with Crippen LogP contribution < -0.4 is 4.72 Å². The van der Waals surface area contributed by atoms with Crippen molar-refractivity contribution in [1.29, 1.82) is 0 Å². The highest BCUT2D eigenvalue weighted by molar-refractivity contribution is 9.10. The summed E-state index contributed by atoms with van der Waals surface area (Å²) >= 11 is 4.22. The number of carboxylic acids is 1. The molecular formula is C13H12BrNO4S2. The van der Waals surface area contributed by atoms with Crippen molar-refractivity contribution in [1.82, 2.24) is 4.72 Å². The molecule has 2 N–H and O–H groups in total. The van der Waals surface area contributed by atoms with Crippen molar-refractivity contribution >= 4 is 43.3 Å². The SMILES string of the molecule is C[C@@H](NS(=O)(=O)c1cc(C(=O)O)cs1)c1cccc(Br)c1. The van der Waals surface area contributed by atoms with Crippen LogP contribution in [0.15, 0.2) is 44.4 Å². The average molecular weight is 390 g/mol. The summed E-state index contributed by atoms with van der Waals surface area (Å²) in [5, 5.41) is 10.1. The molecule has 0 fully saturated rings. The average Bonchev–Trinajstić information content (AvgIpc) is 2.88. The molecule has 1 aromatic carbocycles. The number of rotatable bonds is 5. The van der Waals surface area contributed by atoms with Gasteiger partial charge in [0, 0.05) is 15.9 Å². The number of hydrogen-bond acceptors (Lipinski definition) is 4. The highest BCUT2D eigenvalue weighted by atomic mass is 79.9. The Morgan fingerprint density at radius 2 is 2.10 bits per heavy atom. The van der Waals surface area contributed by atoms with Gasteiger partial charge in [0.05, 0.1) is 5.56 Å². The zero-order valence-electron chi connectivity index (χ0n) is 10.9. The second kappa shape index (κ2) is 6.27. The van der Waals surface area contributed by atoms with Crippen molar-refractivity contribution in [3.8, 4) is 0 Å². The topological polar surface area (TPSA) is 83.5 Å². The van der Waals surface area contributed by atoms with Crippen LogP contribution in [0, 0.1) is 0 Å². The second-order valence-corrected chi connectivity index (χ2v) is 8.13. The van der Waals surface area contributed by atoms with Gasteiger partial charge in [0.2, 0.25) is 0 Å². The molecule has 8 heteroatoms. The van der Waals surface area contributed by atoms with Crippen molar-refractivity contribution in [2.24, 2.45) is 0 Å². The summed E-state index contributed by atoms with van der Waals surface area (Å²) in [7, 11) is -3.74. The van der Waals surface area contributed by atoms with E-state index in [1.807, 2.05) is 24.3 Å². The summed E-state index contributed by atoms with van der Waals surface area (Å²) < 4.78 is 27.8. The van der Waals surface area contributed by atoms with E-state index in [9.17, 15) is 13.2 Å². The minimum absolute atomic E-state index is 0.0123. The van der Waals surface area contributed by atoms with Crippen molar-refractivity contribution in [3.63, 3.8) is 0 Å². The van der Waals surface area contributed by atoms with Crippen LogP contribution >= 0.6 is 27.3 Å². The predicted octanol–water partition coefficient (Wildman–Crippen LogP) is 3.25. The third-order valence-electron chi connectivity index (χ3n) is 2.77. The van der Waals surface area contributed by atoms with E-state index in [0.717, 1.165) is 27.4 Å². The smallest absolute Gasteiger partial charge is 0.336 e. The molecule has 0 spiro atoms. The van der Waals surface area contributed by atoms with Crippen molar-refractivity contribution < 1.29 is 18.3 Å². The summed E-state index contributed by atoms with van der Waals surface area (Å²) in [6.45, 7) is 1.73. The largest absolute Gasteiger partial charge is 0.478 e. The Balaban J connectivity index is 2.22. The van der Waals surface area contributed by atoms with Gasteiger partial charge in [-0.15, -0.1) is 11.3 Å². The van der Waals surface area contributed by atoms with Gasteiger partial charge in [-0.1, -0.05) is 28.1 Å². The van der Waals surface area contributed by atoms with Crippen molar-refractivity contribution in [3.05, 3.63) is 51.3 Å². The van der Waals surface area contributed by atoms with Gasteiger partial charge in [-0.2, -0.15) is 0 Å². The Labute approximate surface area is 134 Å². The first-order chi connectivity index (χ1) is 9.79. The molecule has 0 amide bonds. The monoisotopic (exact) mass is 389 g/mol. The molecule has 0 radical (unpaired) electrons. The minimum Gasteiger partial charge on any atom is -0.478 e. The van der Waals surface area contributed by atoms with Crippen LogP contribution in [0.1, 0.15) is 28.9 Å². The third-order valence-corrected chi connectivity index (χ3v) is 6.24. The molecule has 0 unspecified atom stereocenters. The Bertz CT molecular complexity index is 770. The summed E-state index contributed by atoms with van der Waals surface area (Å²) in [4.78, 5) is 10.8. The van der Waals surface area contributed by atoms with Gasteiger partial charge >= 0.3 is 5.97 Å². The van der Waals surface area contributed by atoms with Crippen molar-refractivity contribution in [2.75, 3.05) is 0 Å². The predicted molar refractivity (Wildman–Crippen MR) is 84.2 cm³/mol. The molecule has 1 aromatic heterocycles. The van der Waals surface area contributed by atoms with Crippen LogP contribution in [0.4, 0.5) is 0 Å². The van der Waals surface area contributed by atoms with Gasteiger partial charge in [0.25, 0.3) is 10.0 Å². The van der Waals surface area contributed by atoms with Crippen LogP contribution in [-0.4, -0.2) is 19.5 Å². The lowest BCUT2D eigenvalue weighted by atomic mass is 10.1. The lowest BCUT2D eigenvalue weighted by molar-refractivity contribution is 0.0697. The van der Waals surface area contributed by atoms with Gasteiger partial charge in [0.15, 0.2) is 0 Å². The fourth-order valence-electron chi connectivity index (χ4n) is 1.70. The molecule has 112 valence electrons. The van der Waals surface area contributed by atoms with Gasteiger partial charge in [-0.25, -0.2) is 17.9 Å². The van der Waals surface area contributed by atoms with E-state index >= 15 is 0 Å². The quantitative estimate of drug-likeness (QED) is 0.821. The van der Waals surface area contributed by atoms with E-state index in [2.05, 4.69) is 20.7 Å². The Morgan fingerprint density at radius 1 is 1.38 bits per heavy atom. The molecule has 1 heterocycles. The van der Waals surface area contributed by atoms with Crippen molar-refractivity contribution in [2.45, 2.75) is 17.2 Å². The van der Waals surface area contributed by atoms with Crippen LogP contribution in [-0.2, 0) is 10.0 Å². The Hall–Kier alpha value is -1.22. The maximum Gasteiger partial charge on any atom is 0.336 e. The first-order valence-corrected chi connectivity index (χ1v) is 9.05. The van der Waals surface area contributed by atoms with E-state index in [-0.39, 0.29) is 9.77 Å². The number of hydrogen-bond donors (Lipinski definition) is 2. The molecule has 2 rings (SSSR count). The fourth-order valence-corrected chi connectivity index (χ4v) is 4.52. The molecule has 0 aliphatic rings. The van der Waals surface area contributed by atoms with Gasteiger partial charge in [-0.3, -0.25) is 0 Å². The lowest BCUT2D eigenvalue weighted by Gasteiger charge is -2.14. The number of nitrogens with one attached hydrogen (secondary N) is 1. The molecule has 2 aromatic rings. The summed E-state index contributed by atoms with van der Waals surface area (Å²) in [5.74, 6) is -1.15. The number of carbonyl (C=O) groups is 1. The second-order valence-electron chi connectivity index (χ2n) is 4.36. The normalized spacial score (nSPS) is 13.0. The number of aromatic carboxylic acids is 1. The molecular weight excluding hydrogens is 378 g/mol. The third kappa shape index (κ3) is 3.91. The molecule has 0 bridgehead atoms. The Kier molecular flexibility index (Phi) is 4.82. The first-order valence-electron chi connectivity index (χ1n) is 5.89. The maximum absolute atomic E-state index is 12.2. The maximum atomic E-state index is 12.2. The highest BCUT2D eigenvalue weighted by Crippen LogP contribution is 2.24.